The molecule has 2 N–H and O–H groups in total. The Bertz CT molecular complexity index is 662. The lowest BCUT2D eigenvalue weighted by Crippen LogP contribution is -2.43. The van der Waals surface area contributed by atoms with Crippen molar-refractivity contribution in [3.05, 3.63) is 16.3 Å². The minimum Gasteiger partial charge on any atom is -0.341 e. The molecule has 1 aliphatic rings. The molecule has 1 amide bonds. The first-order chi connectivity index (χ1) is 9.79. The van der Waals surface area contributed by atoms with Gasteiger partial charge in [-0.1, -0.05) is 0 Å². The maximum Gasteiger partial charge on any atom is 0.340 e. The van der Waals surface area contributed by atoms with E-state index in [0.717, 1.165) is 17.1 Å². The predicted octanol–water partition coefficient (Wildman–Crippen LogP) is -1.30. The Morgan fingerprint density at radius 3 is 2.76 bits per heavy atom. The molecule has 1 aromatic rings. The first-order valence-electron chi connectivity index (χ1n) is 6.62. The van der Waals surface area contributed by atoms with E-state index in [9.17, 15) is 18.0 Å². The monoisotopic (exact) mass is 317 g/mol. The fourth-order valence-corrected chi connectivity index (χ4v) is 3.03. The highest BCUT2D eigenvalue weighted by Gasteiger charge is 2.29. The van der Waals surface area contributed by atoms with E-state index < -0.39 is 21.7 Å². The van der Waals surface area contributed by atoms with Crippen molar-refractivity contribution in [2.45, 2.75) is 18.8 Å². The van der Waals surface area contributed by atoms with E-state index in [1.54, 1.807) is 0 Å². The standard InChI is InChI=1S/C11H19N5O4S/c1-15(2)21(19,20)7-9(17)16-5-3-4-8(6-16)10-12-11(18)14-13-10/h8H,3-7H2,1-2H3,(H2,12,13,14,18). The Hall–Kier alpha value is -1.68. The van der Waals surface area contributed by atoms with E-state index in [1.165, 1.54) is 19.0 Å². The zero-order valence-electron chi connectivity index (χ0n) is 12.0. The van der Waals surface area contributed by atoms with E-state index in [2.05, 4.69) is 15.2 Å². The van der Waals surface area contributed by atoms with Gasteiger partial charge in [0.1, 0.15) is 11.6 Å². The van der Waals surface area contributed by atoms with Gasteiger partial charge in [0.25, 0.3) is 0 Å². The number of H-pyrrole nitrogens is 2. The minimum atomic E-state index is -3.56. The smallest absolute Gasteiger partial charge is 0.340 e. The van der Waals surface area contributed by atoms with Crippen molar-refractivity contribution in [3.63, 3.8) is 0 Å². The number of aromatic amines is 2. The van der Waals surface area contributed by atoms with Gasteiger partial charge in [-0.25, -0.2) is 22.6 Å². The van der Waals surface area contributed by atoms with Crippen LogP contribution in [0, 0.1) is 0 Å². The van der Waals surface area contributed by atoms with Crippen molar-refractivity contribution in [1.29, 1.82) is 0 Å². The second kappa shape index (κ2) is 5.98. The number of hydrogen-bond donors (Lipinski definition) is 2. The van der Waals surface area contributed by atoms with E-state index in [1.807, 2.05) is 0 Å². The zero-order chi connectivity index (χ0) is 15.6. The van der Waals surface area contributed by atoms with Crippen molar-refractivity contribution < 1.29 is 13.2 Å². The Labute approximate surface area is 122 Å². The number of nitrogens with one attached hydrogen (secondary N) is 2. The Balaban J connectivity index is 2.04. The molecule has 0 spiro atoms. The molecule has 1 saturated heterocycles. The molecule has 0 radical (unpaired) electrons. The molecular formula is C11H19N5O4S. The molecule has 2 rings (SSSR count). The number of hydrogen-bond acceptors (Lipinski definition) is 5. The molecule has 9 nitrogen and oxygen atoms in total. The fraction of sp³-hybridized carbons (Fsp3) is 0.727. The number of nitrogens with zero attached hydrogens (tertiary/aromatic N) is 3. The maximum atomic E-state index is 12.1. The van der Waals surface area contributed by atoms with Crippen LogP contribution in [0.3, 0.4) is 0 Å². The van der Waals surface area contributed by atoms with Gasteiger partial charge in [0.2, 0.25) is 15.9 Å². The molecule has 0 aliphatic carbocycles. The zero-order valence-corrected chi connectivity index (χ0v) is 12.8. The maximum absolute atomic E-state index is 12.1. The summed E-state index contributed by atoms with van der Waals surface area (Å²) < 4.78 is 24.5. The Morgan fingerprint density at radius 2 is 2.19 bits per heavy atom. The lowest BCUT2D eigenvalue weighted by molar-refractivity contribution is -0.129. The van der Waals surface area contributed by atoms with E-state index in [0.29, 0.717) is 18.9 Å². The van der Waals surface area contributed by atoms with Crippen LogP contribution in [0.4, 0.5) is 0 Å². The SMILES string of the molecule is CN(C)S(=O)(=O)CC(=O)N1CCCC(c2n[nH]c(=O)[nH]2)C1. The predicted molar refractivity (Wildman–Crippen MR) is 75.2 cm³/mol. The van der Waals surface area contributed by atoms with Gasteiger partial charge in [0.05, 0.1) is 0 Å². The topological polar surface area (TPSA) is 119 Å². The lowest BCUT2D eigenvalue weighted by atomic mass is 9.97. The second-order valence-electron chi connectivity index (χ2n) is 5.28. The summed E-state index contributed by atoms with van der Waals surface area (Å²) in [4.78, 5) is 27.3. The van der Waals surface area contributed by atoms with E-state index in [-0.39, 0.29) is 11.6 Å². The minimum absolute atomic E-state index is 0.0799. The molecule has 2 heterocycles. The molecule has 0 aromatic carbocycles. The third-order valence-corrected chi connectivity index (χ3v) is 5.27. The number of piperidine rings is 1. The molecule has 1 aromatic heterocycles. The first-order valence-corrected chi connectivity index (χ1v) is 8.23. The number of likely N-dealkylation sites (tertiary alicyclic amines) is 1. The van der Waals surface area contributed by atoms with Crippen molar-refractivity contribution in [3.8, 4) is 0 Å². The number of sulfonamides is 1. The van der Waals surface area contributed by atoms with Gasteiger partial charge in [-0.3, -0.25) is 9.78 Å². The average molecular weight is 317 g/mol. The molecule has 1 aliphatic heterocycles. The number of aromatic nitrogens is 3. The van der Waals surface area contributed by atoms with Gasteiger partial charge in [-0.15, -0.1) is 0 Å². The van der Waals surface area contributed by atoms with Gasteiger partial charge in [0, 0.05) is 33.1 Å². The average Bonchev–Trinajstić information content (AvgIpc) is 2.85. The summed E-state index contributed by atoms with van der Waals surface area (Å²) in [6.07, 6.45) is 1.54. The third-order valence-electron chi connectivity index (χ3n) is 3.54. The van der Waals surface area contributed by atoms with E-state index >= 15 is 0 Å². The first kappa shape index (κ1) is 15.7. The molecule has 1 atom stereocenters. The van der Waals surface area contributed by atoms with Gasteiger partial charge in [0.15, 0.2) is 0 Å². The highest BCUT2D eigenvalue weighted by molar-refractivity contribution is 7.89. The van der Waals surface area contributed by atoms with E-state index in [4.69, 9.17) is 0 Å². The normalized spacial score (nSPS) is 20.0. The van der Waals surface area contributed by atoms with Crippen LogP contribution in [0.15, 0.2) is 4.79 Å². The van der Waals surface area contributed by atoms with Crippen LogP contribution >= 0.6 is 0 Å². The quantitative estimate of drug-likeness (QED) is 0.715. The molecule has 1 unspecified atom stereocenters. The van der Waals surface area contributed by atoms with Gasteiger partial charge < -0.3 is 4.90 Å². The summed E-state index contributed by atoms with van der Waals surface area (Å²) in [5.41, 5.74) is -0.386. The van der Waals surface area contributed by atoms with Crippen molar-refractivity contribution in [2.24, 2.45) is 0 Å². The molecule has 0 bridgehead atoms. The van der Waals surface area contributed by atoms with Crippen LogP contribution in [-0.2, 0) is 14.8 Å². The summed E-state index contributed by atoms with van der Waals surface area (Å²) in [5, 5.41) is 6.17. The molecule has 10 heteroatoms. The summed E-state index contributed by atoms with van der Waals surface area (Å²) in [6, 6.07) is 0. The number of carbonyl (C=O) groups is 1. The third kappa shape index (κ3) is 3.70. The summed E-state index contributed by atoms with van der Waals surface area (Å²) >= 11 is 0. The number of rotatable bonds is 4. The second-order valence-corrected chi connectivity index (χ2v) is 7.46. The molecule has 0 saturated carbocycles. The van der Waals surface area contributed by atoms with Crippen LogP contribution in [0.2, 0.25) is 0 Å². The summed E-state index contributed by atoms with van der Waals surface area (Å²) in [5.74, 6) is -0.535. The molecular weight excluding hydrogens is 298 g/mol. The lowest BCUT2D eigenvalue weighted by Gasteiger charge is -2.31. The van der Waals surface area contributed by atoms with Crippen LogP contribution in [-0.4, -0.2) is 71.6 Å². The molecule has 118 valence electrons. The van der Waals surface area contributed by atoms with Crippen LogP contribution in [0.5, 0.6) is 0 Å². The highest BCUT2D eigenvalue weighted by Crippen LogP contribution is 2.23. The number of carbonyl (C=O) groups excluding carboxylic acids is 1. The molecule has 21 heavy (non-hydrogen) atoms. The van der Waals surface area contributed by atoms with Gasteiger partial charge in [-0.2, -0.15) is 5.10 Å². The summed E-state index contributed by atoms with van der Waals surface area (Å²) in [6.45, 7) is 0.884. The Kier molecular flexibility index (Phi) is 4.47. The summed E-state index contributed by atoms with van der Waals surface area (Å²) in [7, 11) is -0.764. The Morgan fingerprint density at radius 1 is 1.48 bits per heavy atom. The van der Waals surface area contributed by atoms with Crippen molar-refractivity contribution >= 4 is 15.9 Å². The van der Waals surface area contributed by atoms with Crippen LogP contribution in [0.25, 0.3) is 0 Å². The van der Waals surface area contributed by atoms with Crippen molar-refractivity contribution in [1.82, 2.24) is 24.4 Å². The highest BCUT2D eigenvalue weighted by atomic mass is 32.2. The van der Waals surface area contributed by atoms with Crippen LogP contribution < -0.4 is 5.69 Å². The number of amides is 1. The van der Waals surface area contributed by atoms with Gasteiger partial charge >= 0.3 is 5.69 Å². The largest absolute Gasteiger partial charge is 0.341 e. The van der Waals surface area contributed by atoms with Crippen LogP contribution in [0.1, 0.15) is 24.6 Å². The van der Waals surface area contributed by atoms with Crippen molar-refractivity contribution in [2.75, 3.05) is 32.9 Å². The van der Waals surface area contributed by atoms with Gasteiger partial charge in [-0.05, 0) is 12.8 Å². The fourth-order valence-electron chi connectivity index (χ4n) is 2.28. The molecule has 1 fully saturated rings.